The van der Waals surface area contributed by atoms with Gasteiger partial charge < -0.3 is 0 Å². The third-order valence-electron chi connectivity index (χ3n) is 1.89. The predicted molar refractivity (Wildman–Crippen MR) is 59.6 cm³/mol. The third-order valence-corrected chi connectivity index (χ3v) is 3.77. The van der Waals surface area contributed by atoms with Gasteiger partial charge in [-0.05, 0) is 34.1 Å². The van der Waals surface area contributed by atoms with Crippen molar-refractivity contribution in [1.29, 1.82) is 5.26 Å². The van der Waals surface area contributed by atoms with Crippen LogP contribution in [0, 0.1) is 11.3 Å². The first kappa shape index (κ1) is 9.38. The van der Waals surface area contributed by atoms with Crippen LogP contribution in [0.15, 0.2) is 22.7 Å². The minimum Gasteiger partial charge on any atom is -0.297 e. The number of nitriles is 1. The van der Waals surface area contributed by atoms with Crippen LogP contribution in [0.3, 0.4) is 0 Å². The zero-order chi connectivity index (χ0) is 10.1. The molecule has 0 aliphatic carbocycles. The highest BCUT2D eigenvalue weighted by Crippen LogP contribution is 2.32. The molecule has 0 saturated heterocycles. The fourth-order valence-electron chi connectivity index (χ4n) is 1.24. The van der Waals surface area contributed by atoms with Gasteiger partial charge in [0.2, 0.25) is 0 Å². The molecule has 2 aromatic rings. The van der Waals surface area contributed by atoms with Crippen molar-refractivity contribution in [1.82, 2.24) is 0 Å². The number of thiophene rings is 1. The maximum Gasteiger partial charge on any atom is 0.160 e. The van der Waals surface area contributed by atoms with E-state index in [0.29, 0.717) is 10.4 Å². The Balaban J connectivity index is 2.83. The number of hydrogen-bond acceptors (Lipinski definition) is 3. The van der Waals surface area contributed by atoms with Gasteiger partial charge in [0.15, 0.2) is 6.29 Å². The Morgan fingerprint density at radius 1 is 1.50 bits per heavy atom. The Hall–Kier alpha value is -1.18. The molecule has 0 fully saturated rings. The van der Waals surface area contributed by atoms with E-state index in [2.05, 4.69) is 22.0 Å². The number of rotatable bonds is 1. The van der Waals surface area contributed by atoms with Crippen LogP contribution in [0.2, 0.25) is 0 Å². The molecular formula is C10H4BrNOS. The fourth-order valence-corrected chi connectivity index (χ4v) is 2.81. The molecule has 0 spiro atoms. The molecule has 1 aromatic heterocycles. The molecule has 0 bridgehead atoms. The van der Waals surface area contributed by atoms with Crippen molar-refractivity contribution in [2.45, 2.75) is 0 Å². The van der Waals surface area contributed by atoms with Crippen LogP contribution in [0.5, 0.6) is 0 Å². The number of carbonyl (C=O) groups is 1. The molecule has 1 aromatic carbocycles. The van der Waals surface area contributed by atoms with E-state index < -0.39 is 0 Å². The van der Waals surface area contributed by atoms with Gasteiger partial charge in [-0.25, -0.2) is 0 Å². The Bertz CT molecular complexity index is 553. The highest BCUT2D eigenvalue weighted by molar-refractivity contribution is 9.10. The van der Waals surface area contributed by atoms with Gasteiger partial charge in [-0.3, -0.25) is 4.79 Å². The maximum absolute atomic E-state index is 10.6. The normalized spacial score (nSPS) is 10.0. The van der Waals surface area contributed by atoms with E-state index in [0.717, 1.165) is 20.8 Å². The minimum absolute atomic E-state index is 0.591. The van der Waals surface area contributed by atoms with Gasteiger partial charge in [0.1, 0.15) is 6.07 Å². The Labute approximate surface area is 92.9 Å². The van der Waals surface area contributed by atoms with Gasteiger partial charge in [-0.2, -0.15) is 5.26 Å². The third kappa shape index (κ3) is 1.35. The molecule has 0 saturated carbocycles. The number of aldehydes is 1. The van der Waals surface area contributed by atoms with E-state index >= 15 is 0 Å². The molecule has 0 N–H and O–H groups in total. The van der Waals surface area contributed by atoms with Gasteiger partial charge in [0, 0.05) is 14.6 Å². The van der Waals surface area contributed by atoms with Crippen molar-refractivity contribution in [3.8, 4) is 6.07 Å². The van der Waals surface area contributed by atoms with Crippen molar-refractivity contribution in [3.05, 3.63) is 33.1 Å². The van der Waals surface area contributed by atoms with E-state index in [1.807, 2.05) is 6.07 Å². The summed E-state index contributed by atoms with van der Waals surface area (Å²) in [4.78, 5) is 11.2. The average molecular weight is 266 g/mol. The van der Waals surface area contributed by atoms with Crippen LogP contribution in [-0.2, 0) is 0 Å². The highest BCUT2D eigenvalue weighted by Gasteiger charge is 2.07. The molecule has 4 heteroatoms. The van der Waals surface area contributed by atoms with E-state index in [4.69, 9.17) is 5.26 Å². The lowest BCUT2D eigenvalue weighted by atomic mass is 10.2. The molecule has 0 unspecified atom stereocenters. The summed E-state index contributed by atoms with van der Waals surface area (Å²) in [6.45, 7) is 0. The summed E-state index contributed by atoms with van der Waals surface area (Å²) in [5, 5.41) is 9.72. The highest BCUT2D eigenvalue weighted by atomic mass is 79.9. The van der Waals surface area contributed by atoms with Crippen LogP contribution in [0.4, 0.5) is 0 Å². The summed E-state index contributed by atoms with van der Waals surface area (Å²) in [6, 6.07) is 7.48. The van der Waals surface area contributed by atoms with Gasteiger partial charge in [-0.1, -0.05) is 0 Å². The first-order chi connectivity index (χ1) is 6.76. The van der Waals surface area contributed by atoms with Crippen molar-refractivity contribution in [2.24, 2.45) is 0 Å². The molecule has 0 radical (unpaired) electrons. The lowest BCUT2D eigenvalue weighted by Gasteiger charge is -1.95. The summed E-state index contributed by atoms with van der Waals surface area (Å²) >= 11 is 4.78. The van der Waals surface area contributed by atoms with Crippen LogP contribution in [0.25, 0.3) is 10.1 Å². The van der Waals surface area contributed by atoms with Gasteiger partial charge in [0.25, 0.3) is 0 Å². The quantitative estimate of drug-likeness (QED) is 0.742. The first-order valence-electron chi connectivity index (χ1n) is 3.83. The second-order valence-corrected chi connectivity index (χ2v) is 4.63. The zero-order valence-corrected chi connectivity index (χ0v) is 9.35. The fraction of sp³-hybridized carbons (Fsp3) is 0. The van der Waals surface area contributed by atoms with Crippen LogP contribution < -0.4 is 0 Å². The summed E-state index contributed by atoms with van der Waals surface area (Å²) < 4.78 is 1.78. The van der Waals surface area contributed by atoms with E-state index in [1.165, 1.54) is 11.3 Å². The minimum atomic E-state index is 0.591. The summed E-state index contributed by atoms with van der Waals surface area (Å²) in [6.07, 6.45) is 0.823. The molecule has 1 heterocycles. The van der Waals surface area contributed by atoms with Crippen molar-refractivity contribution in [2.75, 3.05) is 0 Å². The number of benzene rings is 1. The summed E-state index contributed by atoms with van der Waals surface area (Å²) in [7, 11) is 0. The van der Waals surface area contributed by atoms with Gasteiger partial charge >= 0.3 is 0 Å². The van der Waals surface area contributed by atoms with Crippen LogP contribution >= 0.6 is 27.3 Å². The molecule has 0 atom stereocenters. The number of hydrogen-bond donors (Lipinski definition) is 0. The molecule has 0 aliphatic rings. The van der Waals surface area contributed by atoms with E-state index in [-0.39, 0.29) is 0 Å². The summed E-state index contributed by atoms with van der Waals surface area (Å²) in [5.41, 5.74) is 0.591. The smallest absolute Gasteiger partial charge is 0.160 e. The molecule has 2 nitrogen and oxygen atoms in total. The average Bonchev–Trinajstić information content (AvgIpc) is 2.62. The van der Waals surface area contributed by atoms with Crippen molar-refractivity contribution >= 4 is 43.6 Å². The first-order valence-corrected chi connectivity index (χ1v) is 5.44. The second kappa shape index (κ2) is 3.52. The zero-order valence-electron chi connectivity index (χ0n) is 6.95. The molecule has 68 valence electrons. The number of fused-ring (bicyclic) bond motifs is 1. The van der Waals surface area contributed by atoms with Gasteiger partial charge in [0.05, 0.1) is 10.4 Å². The Morgan fingerprint density at radius 2 is 2.29 bits per heavy atom. The lowest BCUT2D eigenvalue weighted by molar-refractivity contribution is 0.112. The standard InChI is InChI=1S/C10H4BrNOS/c11-10-6(4-12)1-2-9-8(10)3-7(5-13)14-9/h1-3,5H. The number of carbonyl (C=O) groups excluding carboxylic acids is 1. The van der Waals surface area contributed by atoms with Crippen molar-refractivity contribution < 1.29 is 4.79 Å². The van der Waals surface area contributed by atoms with Crippen LogP contribution in [-0.4, -0.2) is 6.29 Å². The molecule has 14 heavy (non-hydrogen) atoms. The largest absolute Gasteiger partial charge is 0.297 e. The Kier molecular flexibility index (Phi) is 2.36. The molecule has 0 amide bonds. The monoisotopic (exact) mass is 265 g/mol. The van der Waals surface area contributed by atoms with Crippen molar-refractivity contribution in [3.63, 3.8) is 0 Å². The molecule has 2 rings (SSSR count). The molecular weight excluding hydrogens is 262 g/mol. The van der Waals surface area contributed by atoms with Crippen LogP contribution in [0.1, 0.15) is 15.2 Å². The van der Waals surface area contributed by atoms with Gasteiger partial charge in [-0.15, -0.1) is 11.3 Å². The SMILES string of the molecule is N#Cc1ccc2sc(C=O)cc2c1Br. The number of halogens is 1. The predicted octanol–water partition coefficient (Wildman–Crippen LogP) is 3.35. The number of nitrogens with zero attached hydrogens (tertiary/aromatic N) is 1. The molecule has 0 aliphatic heterocycles. The topological polar surface area (TPSA) is 40.9 Å². The van der Waals surface area contributed by atoms with E-state index in [1.54, 1.807) is 12.1 Å². The maximum atomic E-state index is 10.6. The Morgan fingerprint density at radius 3 is 2.93 bits per heavy atom. The summed E-state index contributed by atoms with van der Waals surface area (Å²) in [5.74, 6) is 0. The van der Waals surface area contributed by atoms with E-state index in [9.17, 15) is 4.79 Å². The second-order valence-electron chi connectivity index (χ2n) is 2.72. The lowest BCUT2D eigenvalue weighted by Crippen LogP contribution is -1.76.